The van der Waals surface area contributed by atoms with E-state index in [1.54, 1.807) is 7.11 Å². The van der Waals surface area contributed by atoms with Gasteiger partial charge in [-0.05, 0) is 61.6 Å². The summed E-state index contributed by atoms with van der Waals surface area (Å²) in [5.41, 5.74) is 1.11. The van der Waals surface area contributed by atoms with Gasteiger partial charge >= 0.3 is 0 Å². The Kier molecular flexibility index (Phi) is 5.42. The minimum Gasteiger partial charge on any atom is -0.496 e. The Labute approximate surface area is 161 Å². The summed E-state index contributed by atoms with van der Waals surface area (Å²) in [5, 5.41) is 0.737. The van der Waals surface area contributed by atoms with Gasteiger partial charge in [0.1, 0.15) is 5.75 Å². The third-order valence-electron chi connectivity index (χ3n) is 6.23. The van der Waals surface area contributed by atoms with Crippen LogP contribution in [-0.4, -0.2) is 49.0 Å². The molecule has 3 fully saturated rings. The molecule has 4 nitrogen and oxygen atoms in total. The smallest absolute Gasteiger partial charge is 0.222 e. The number of methoxy groups -OCH3 is 1. The average molecular weight is 377 g/mol. The fourth-order valence-corrected chi connectivity index (χ4v) is 4.56. The van der Waals surface area contributed by atoms with Gasteiger partial charge in [0.05, 0.1) is 7.11 Å². The Morgan fingerprint density at radius 2 is 1.81 bits per heavy atom. The molecule has 2 aliphatic carbocycles. The normalized spacial score (nSPS) is 21.3. The first kappa shape index (κ1) is 18.1. The molecule has 1 aromatic carbocycles. The van der Waals surface area contributed by atoms with Crippen molar-refractivity contribution in [3.63, 3.8) is 0 Å². The van der Waals surface area contributed by atoms with Crippen LogP contribution in [0.4, 0.5) is 0 Å². The van der Waals surface area contributed by atoms with Crippen molar-refractivity contribution in [1.82, 2.24) is 9.80 Å². The highest BCUT2D eigenvalue weighted by Crippen LogP contribution is 2.50. The second-order valence-electron chi connectivity index (χ2n) is 8.16. The van der Waals surface area contributed by atoms with Crippen molar-refractivity contribution in [2.75, 3.05) is 33.3 Å². The monoisotopic (exact) mass is 376 g/mol. The second-order valence-corrected chi connectivity index (χ2v) is 8.59. The standard InChI is InChI=1S/C21H29ClN2O2/c1-26-20-7-6-18(22)12-17(20)14-23-8-10-24(11-9-23)21(25)13-19(15-2-3-15)16-4-5-16/h6-7,12,15-16,19H,2-5,8-11,13-14H2,1H3. The molecular formula is C21H29ClN2O2. The molecule has 1 aromatic rings. The number of hydrogen-bond acceptors (Lipinski definition) is 3. The number of rotatable bonds is 7. The van der Waals surface area contributed by atoms with Crippen LogP contribution in [0.15, 0.2) is 18.2 Å². The Hall–Kier alpha value is -1.26. The fraction of sp³-hybridized carbons (Fsp3) is 0.667. The van der Waals surface area contributed by atoms with Crippen molar-refractivity contribution in [1.29, 1.82) is 0 Å². The van der Waals surface area contributed by atoms with Crippen molar-refractivity contribution in [3.05, 3.63) is 28.8 Å². The van der Waals surface area contributed by atoms with Gasteiger partial charge < -0.3 is 9.64 Å². The predicted octanol–water partition coefficient (Wildman–Crippen LogP) is 3.82. The number of benzene rings is 1. The number of nitrogens with zero attached hydrogens (tertiary/aromatic N) is 2. The van der Waals surface area contributed by atoms with Crippen LogP contribution >= 0.6 is 11.6 Å². The average Bonchev–Trinajstić information content (AvgIpc) is 3.54. The first-order chi connectivity index (χ1) is 12.6. The lowest BCUT2D eigenvalue weighted by Crippen LogP contribution is -2.48. The maximum absolute atomic E-state index is 12.8. The summed E-state index contributed by atoms with van der Waals surface area (Å²) in [7, 11) is 1.69. The van der Waals surface area contributed by atoms with Crippen LogP contribution in [0.5, 0.6) is 5.75 Å². The molecule has 1 amide bonds. The molecule has 1 saturated heterocycles. The molecule has 0 unspecified atom stereocenters. The predicted molar refractivity (Wildman–Crippen MR) is 103 cm³/mol. The van der Waals surface area contributed by atoms with E-state index in [1.807, 2.05) is 18.2 Å². The van der Waals surface area contributed by atoms with E-state index in [9.17, 15) is 4.79 Å². The summed E-state index contributed by atoms with van der Waals surface area (Å²) in [6.07, 6.45) is 6.19. The SMILES string of the molecule is COc1ccc(Cl)cc1CN1CCN(C(=O)CC(C2CC2)C2CC2)CC1. The minimum atomic E-state index is 0.383. The zero-order valence-electron chi connectivity index (χ0n) is 15.6. The van der Waals surface area contributed by atoms with Gasteiger partial charge in [0, 0.05) is 49.7 Å². The van der Waals surface area contributed by atoms with Crippen molar-refractivity contribution < 1.29 is 9.53 Å². The lowest BCUT2D eigenvalue weighted by molar-refractivity contribution is -0.134. The van der Waals surface area contributed by atoms with E-state index in [0.717, 1.165) is 67.3 Å². The van der Waals surface area contributed by atoms with Gasteiger partial charge in [-0.15, -0.1) is 0 Å². The molecule has 1 aliphatic heterocycles. The molecule has 2 saturated carbocycles. The molecule has 26 heavy (non-hydrogen) atoms. The van der Waals surface area contributed by atoms with Gasteiger partial charge in [-0.3, -0.25) is 9.69 Å². The lowest BCUT2D eigenvalue weighted by Gasteiger charge is -2.35. The molecule has 3 aliphatic rings. The number of piperazine rings is 1. The van der Waals surface area contributed by atoms with E-state index in [2.05, 4.69) is 9.80 Å². The van der Waals surface area contributed by atoms with Crippen LogP contribution in [0, 0.1) is 17.8 Å². The van der Waals surface area contributed by atoms with Crippen molar-refractivity contribution in [2.45, 2.75) is 38.6 Å². The fourth-order valence-electron chi connectivity index (χ4n) is 4.36. The van der Waals surface area contributed by atoms with E-state index in [4.69, 9.17) is 16.3 Å². The summed E-state index contributed by atoms with van der Waals surface area (Å²) >= 11 is 6.14. The van der Waals surface area contributed by atoms with Crippen LogP contribution < -0.4 is 4.74 Å². The zero-order chi connectivity index (χ0) is 18.1. The maximum atomic E-state index is 12.8. The van der Waals surface area contributed by atoms with Gasteiger partial charge in [-0.25, -0.2) is 0 Å². The van der Waals surface area contributed by atoms with Crippen molar-refractivity contribution in [2.24, 2.45) is 17.8 Å². The number of halogens is 1. The Balaban J connectivity index is 1.28. The van der Waals surface area contributed by atoms with Gasteiger partial charge in [0.25, 0.3) is 0 Å². The van der Waals surface area contributed by atoms with Crippen LogP contribution in [0.1, 0.15) is 37.7 Å². The summed E-state index contributed by atoms with van der Waals surface area (Å²) in [5.74, 6) is 3.64. The van der Waals surface area contributed by atoms with Gasteiger partial charge in [0.2, 0.25) is 5.91 Å². The molecular weight excluding hydrogens is 348 g/mol. The largest absolute Gasteiger partial charge is 0.496 e. The highest BCUT2D eigenvalue weighted by molar-refractivity contribution is 6.30. The highest BCUT2D eigenvalue weighted by atomic mass is 35.5. The third-order valence-corrected chi connectivity index (χ3v) is 6.46. The third kappa shape index (κ3) is 4.34. The number of ether oxygens (including phenoxy) is 1. The topological polar surface area (TPSA) is 32.8 Å². The molecule has 0 N–H and O–H groups in total. The van der Waals surface area contributed by atoms with Gasteiger partial charge in [-0.1, -0.05) is 11.6 Å². The first-order valence-corrected chi connectivity index (χ1v) is 10.3. The Morgan fingerprint density at radius 1 is 1.15 bits per heavy atom. The van der Waals surface area contributed by atoms with Crippen LogP contribution in [0.25, 0.3) is 0 Å². The quantitative estimate of drug-likeness (QED) is 0.725. The van der Waals surface area contributed by atoms with E-state index in [-0.39, 0.29) is 0 Å². The molecule has 5 heteroatoms. The number of carbonyl (C=O) groups excluding carboxylic acids is 1. The Bertz CT molecular complexity index is 637. The minimum absolute atomic E-state index is 0.383. The summed E-state index contributed by atoms with van der Waals surface area (Å²) < 4.78 is 5.45. The van der Waals surface area contributed by atoms with Gasteiger partial charge in [0.15, 0.2) is 0 Å². The molecule has 142 valence electrons. The van der Waals surface area contributed by atoms with E-state index < -0.39 is 0 Å². The molecule has 1 heterocycles. The molecule has 0 spiro atoms. The van der Waals surface area contributed by atoms with Crippen LogP contribution in [-0.2, 0) is 11.3 Å². The number of carbonyl (C=O) groups is 1. The highest BCUT2D eigenvalue weighted by Gasteiger charge is 2.42. The molecule has 0 aromatic heterocycles. The first-order valence-electron chi connectivity index (χ1n) is 9.96. The second kappa shape index (κ2) is 7.77. The van der Waals surface area contributed by atoms with Crippen LogP contribution in [0.2, 0.25) is 5.02 Å². The molecule has 0 bridgehead atoms. The van der Waals surface area contributed by atoms with Crippen LogP contribution in [0.3, 0.4) is 0 Å². The molecule has 4 rings (SSSR count). The number of amides is 1. The van der Waals surface area contributed by atoms with E-state index >= 15 is 0 Å². The van der Waals surface area contributed by atoms with E-state index in [1.165, 1.54) is 25.7 Å². The summed E-state index contributed by atoms with van der Waals surface area (Å²) in [6.45, 7) is 4.32. The molecule has 0 atom stereocenters. The Morgan fingerprint density at radius 3 is 2.38 bits per heavy atom. The zero-order valence-corrected chi connectivity index (χ0v) is 16.4. The lowest BCUT2D eigenvalue weighted by atomic mass is 9.93. The molecule has 0 radical (unpaired) electrons. The summed E-state index contributed by atoms with van der Waals surface area (Å²) in [4.78, 5) is 17.2. The van der Waals surface area contributed by atoms with Gasteiger partial charge in [-0.2, -0.15) is 0 Å². The van der Waals surface area contributed by atoms with E-state index in [0.29, 0.717) is 11.8 Å². The van der Waals surface area contributed by atoms with Crippen molar-refractivity contribution >= 4 is 17.5 Å². The summed E-state index contributed by atoms with van der Waals surface area (Å²) in [6, 6.07) is 5.76. The maximum Gasteiger partial charge on any atom is 0.222 e. The number of hydrogen-bond donors (Lipinski definition) is 0. The van der Waals surface area contributed by atoms with Crippen molar-refractivity contribution in [3.8, 4) is 5.75 Å².